The van der Waals surface area contributed by atoms with E-state index in [-0.39, 0.29) is 0 Å². The summed E-state index contributed by atoms with van der Waals surface area (Å²) in [4.78, 5) is 0. The maximum absolute atomic E-state index is 5.62. The van der Waals surface area contributed by atoms with Crippen molar-refractivity contribution < 1.29 is 4.74 Å². The lowest BCUT2D eigenvalue weighted by molar-refractivity contribution is 0.482. The summed E-state index contributed by atoms with van der Waals surface area (Å²) in [5, 5.41) is 4.04. The highest BCUT2D eigenvalue weighted by Gasteiger charge is 1.99. The van der Waals surface area contributed by atoms with Crippen LogP contribution in [-0.4, -0.2) is 9.78 Å². The Morgan fingerprint density at radius 1 is 1.20 bits per heavy atom. The fourth-order valence-electron chi connectivity index (χ4n) is 1.38. The molecule has 15 heavy (non-hydrogen) atoms. The molecule has 0 atom stereocenters. The Morgan fingerprint density at radius 2 is 1.93 bits per heavy atom. The van der Waals surface area contributed by atoms with Crippen molar-refractivity contribution in [2.75, 3.05) is 0 Å². The molecule has 2 rings (SSSR count). The molecule has 1 aromatic heterocycles. The van der Waals surface area contributed by atoms with Crippen LogP contribution in [0, 0.1) is 0 Å². The van der Waals surface area contributed by atoms with E-state index >= 15 is 0 Å². The number of hydrogen-bond acceptors (Lipinski definition) is 2. The molecule has 0 spiro atoms. The number of hydrogen-bond donors (Lipinski definition) is 0. The number of aryl methyl sites for hydroxylation is 2. The van der Waals surface area contributed by atoms with E-state index in [0.29, 0.717) is 0 Å². The minimum Gasteiger partial charge on any atom is -0.454 e. The molecular weight excluding hydrogens is 188 g/mol. The van der Waals surface area contributed by atoms with Gasteiger partial charge in [0.05, 0.1) is 12.4 Å². The smallest absolute Gasteiger partial charge is 0.165 e. The SMILES string of the molecule is CCc1ccc(Oc2cnn(C)c2)cc1. The second kappa shape index (κ2) is 4.17. The van der Waals surface area contributed by atoms with Crippen LogP contribution >= 0.6 is 0 Å². The molecular formula is C12H14N2O. The van der Waals surface area contributed by atoms with Crippen LogP contribution in [-0.2, 0) is 13.5 Å². The summed E-state index contributed by atoms with van der Waals surface area (Å²) in [6, 6.07) is 8.11. The van der Waals surface area contributed by atoms with Crippen molar-refractivity contribution in [3.05, 3.63) is 42.2 Å². The summed E-state index contributed by atoms with van der Waals surface area (Å²) in [6.45, 7) is 2.14. The molecule has 0 aliphatic heterocycles. The third kappa shape index (κ3) is 2.37. The van der Waals surface area contributed by atoms with E-state index in [1.807, 2.05) is 25.4 Å². The van der Waals surface area contributed by atoms with Gasteiger partial charge in [0.2, 0.25) is 0 Å². The van der Waals surface area contributed by atoms with E-state index in [9.17, 15) is 0 Å². The van der Waals surface area contributed by atoms with Crippen molar-refractivity contribution in [1.29, 1.82) is 0 Å². The maximum atomic E-state index is 5.62. The molecule has 0 unspecified atom stereocenters. The van der Waals surface area contributed by atoms with Gasteiger partial charge in [-0.15, -0.1) is 0 Å². The molecule has 3 heteroatoms. The van der Waals surface area contributed by atoms with Gasteiger partial charge in [-0.1, -0.05) is 19.1 Å². The van der Waals surface area contributed by atoms with Crippen molar-refractivity contribution in [2.24, 2.45) is 7.05 Å². The average molecular weight is 202 g/mol. The Kier molecular flexibility index (Phi) is 2.72. The summed E-state index contributed by atoms with van der Waals surface area (Å²) < 4.78 is 7.33. The van der Waals surface area contributed by atoms with Crippen molar-refractivity contribution in [3.63, 3.8) is 0 Å². The van der Waals surface area contributed by atoms with Crippen LogP contribution in [0.25, 0.3) is 0 Å². The van der Waals surface area contributed by atoms with Crippen molar-refractivity contribution in [3.8, 4) is 11.5 Å². The first kappa shape index (κ1) is 9.77. The van der Waals surface area contributed by atoms with E-state index in [0.717, 1.165) is 17.9 Å². The minimum atomic E-state index is 0.766. The molecule has 3 nitrogen and oxygen atoms in total. The highest BCUT2D eigenvalue weighted by Crippen LogP contribution is 2.20. The zero-order valence-corrected chi connectivity index (χ0v) is 8.97. The van der Waals surface area contributed by atoms with Gasteiger partial charge in [-0.25, -0.2) is 0 Å². The molecule has 1 heterocycles. The van der Waals surface area contributed by atoms with Gasteiger partial charge in [-0.2, -0.15) is 5.10 Å². The summed E-state index contributed by atoms with van der Waals surface area (Å²) in [5.41, 5.74) is 1.31. The zero-order chi connectivity index (χ0) is 10.7. The fourth-order valence-corrected chi connectivity index (χ4v) is 1.38. The first-order valence-electron chi connectivity index (χ1n) is 5.03. The van der Waals surface area contributed by atoms with E-state index < -0.39 is 0 Å². The lowest BCUT2D eigenvalue weighted by atomic mass is 10.2. The molecule has 1 aromatic carbocycles. The highest BCUT2D eigenvalue weighted by molar-refractivity contribution is 5.31. The molecule has 0 saturated carbocycles. The Hall–Kier alpha value is -1.77. The van der Waals surface area contributed by atoms with Gasteiger partial charge in [0.25, 0.3) is 0 Å². The van der Waals surface area contributed by atoms with Crippen molar-refractivity contribution >= 4 is 0 Å². The van der Waals surface area contributed by atoms with Gasteiger partial charge in [-0.05, 0) is 24.1 Å². The first-order valence-corrected chi connectivity index (χ1v) is 5.03. The van der Waals surface area contributed by atoms with Crippen LogP contribution in [0.3, 0.4) is 0 Å². The monoisotopic (exact) mass is 202 g/mol. The lowest BCUT2D eigenvalue weighted by Gasteiger charge is -2.03. The Morgan fingerprint density at radius 3 is 2.47 bits per heavy atom. The van der Waals surface area contributed by atoms with Crippen LogP contribution in [0.5, 0.6) is 11.5 Å². The third-order valence-electron chi connectivity index (χ3n) is 2.25. The zero-order valence-electron chi connectivity index (χ0n) is 8.97. The molecule has 0 saturated heterocycles. The Bertz CT molecular complexity index is 431. The average Bonchev–Trinajstić information content (AvgIpc) is 2.65. The van der Waals surface area contributed by atoms with Crippen LogP contribution in [0.4, 0.5) is 0 Å². The molecule has 2 aromatic rings. The second-order valence-electron chi connectivity index (χ2n) is 3.45. The number of benzene rings is 1. The number of aromatic nitrogens is 2. The summed E-state index contributed by atoms with van der Waals surface area (Å²) in [6.07, 6.45) is 4.59. The topological polar surface area (TPSA) is 27.1 Å². The van der Waals surface area contributed by atoms with Gasteiger partial charge in [0, 0.05) is 7.05 Å². The van der Waals surface area contributed by atoms with Gasteiger partial charge in [-0.3, -0.25) is 4.68 Å². The number of rotatable bonds is 3. The summed E-state index contributed by atoms with van der Waals surface area (Å²) in [7, 11) is 1.87. The highest BCUT2D eigenvalue weighted by atomic mass is 16.5. The minimum absolute atomic E-state index is 0.766. The predicted molar refractivity (Wildman–Crippen MR) is 59.1 cm³/mol. The molecule has 0 N–H and O–H groups in total. The van der Waals surface area contributed by atoms with Crippen LogP contribution in [0.1, 0.15) is 12.5 Å². The molecule has 78 valence electrons. The Balaban J connectivity index is 2.11. The first-order chi connectivity index (χ1) is 7.28. The lowest BCUT2D eigenvalue weighted by Crippen LogP contribution is -1.85. The molecule has 0 aliphatic carbocycles. The fraction of sp³-hybridized carbons (Fsp3) is 0.250. The van der Waals surface area contributed by atoms with Gasteiger partial charge < -0.3 is 4.74 Å². The van der Waals surface area contributed by atoms with Crippen LogP contribution in [0.2, 0.25) is 0 Å². The predicted octanol–water partition coefficient (Wildman–Crippen LogP) is 2.77. The molecule has 0 radical (unpaired) electrons. The normalized spacial score (nSPS) is 10.3. The second-order valence-corrected chi connectivity index (χ2v) is 3.45. The summed E-state index contributed by atoms with van der Waals surface area (Å²) in [5.74, 6) is 1.61. The standard InChI is InChI=1S/C12H14N2O/c1-3-10-4-6-11(7-5-10)15-12-8-13-14(2)9-12/h4-9H,3H2,1-2H3. The maximum Gasteiger partial charge on any atom is 0.165 e. The molecule has 0 fully saturated rings. The number of ether oxygens (including phenoxy) is 1. The molecule has 0 aliphatic rings. The van der Waals surface area contributed by atoms with Gasteiger partial charge >= 0.3 is 0 Å². The van der Waals surface area contributed by atoms with E-state index in [1.165, 1.54) is 5.56 Å². The Labute approximate surface area is 89.3 Å². The number of nitrogens with zero attached hydrogens (tertiary/aromatic N) is 2. The van der Waals surface area contributed by atoms with E-state index in [2.05, 4.69) is 24.2 Å². The third-order valence-corrected chi connectivity index (χ3v) is 2.25. The quantitative estimate of drug-likeness (QED) is 0.765. The van der Waals surface area contributed by atoms with Crippen LogP contribution < -0.4 is 4.74 Å². The molecule has 0 amide bonds. The van der Waals surface area contributed by atoms with Crippen molar-refractivity contribution in [2.45, 2.75) is 13.3 Å². The van der Waals surface area contributed by atoms with E-state index in [1.54, 1.807) is 10.9 Å². The molecule has 0 bridgehead atoms. The van der Waals surface area contributed by atoms with Gasteiger partial charge in [0.15, 0.2) is 5.75 Å². The van der Waals surface area contributed by atoms with Crippen molar-refractivity contribution in [1.82, 2.24) is 9.78 Å². The van der Waals surface area contributed by atoms with Gasteiger partial charge in [0.1, 0.15) is 5.75 Å². The summed E-state index contributed by atoms with van der Waals surface area (Å²) >= 11 is 0. The van der Waals surface area contributed by atoms with E-state index in [4.69, 9.17) is 4.74 Å². The van der Waals surface area contributed by atoms with Crippen LogP contribution in [0.15, 0.2) is 36.7 Å². The largest absolute Gasteiger partial charge is 0.454 e.